The van der Waals surface area contributed by atoms with Crippen LogP contribution in [0.3, 0.4) is 0 Å². The van der Waals surface area contributed by atoms with Crippen molar-refractivity contribution < 1.29 is 14.8 Å². The molecule has 0 aromatic heterocycles. The number of anilines is 1. The van der Waals surface area contributed by atoms with Crippen molar-refractivity contribution >= 4 is 17.3 Å². The Morgan fingerprint density at radius 1 is 1.29 bits per heavy atom. The summed E-state index contributed by atoms with van der Waals surface area (Å²) in [6.07, 6.45) is 5.55. The SMILES string of the molecule is O=C(O)c1cccc(N2CCCC3CCCC32)c1[N+](=O)[O-]. The molecule has 1 saturated carbocycles. The van der Waals surface area contributed by atoms with Crippen LogP contribution in [0.25, 0.3) is 0 Å². The van der Waals surface area contributed by atoms with Crippen molar-refractivity contribution in [3.63, 3.8) is 0 Å². The van der Waals surface area contributed by atoms with Crippen LogP contribution in [0.15, 0.2) is 18.2 Å². The van der Waals surface area contributed by atoms with Gasteiger partial charge in [-0.25, -0.2) is 4.79 Å². The van der Waals surface area contributed by atoms with Crippen molar-refractivity contribution in [3.05, 3.63) is 33.9 Å². The number of hydrogen-bond acceptors (Lipinski definition) is 4. The fraction of sp³-hybridized carbons (Fsp3) is 0.533. The Balaban J connectivity index is 2.07. The molecular weight excluding hydrogens is 272 g/mol. The summed E-state index contributed by atoms with van der Waals surface area (Å²) in [6, 6.07) is 4.91. The second-order valence-electron chi connectivity index (χ2n) is 5.83. The van der Waals surface area contributed by atoms with Gasteiger partial charge >= 0.3 is 11.7 Å². The average Bonchev–Trinajstić information content (AvgIpc) is 2.94. The Hall–Kier alpha value is -2.11. The van der Waals surface area contributed by atoms with E-state index < -0.39 is 10.9 Å². The minimum absolute atomic E-state index is 0.224. The van der Waals surface area contributed by atoms with Gasteiger partial charge in [-0.15, -0.1) is 0 Å². The zero-order valence-corrected chi connectivity index (χ0v) is 11.7. The third-order valence-corrected chi connectivity index (χ3v) is 4.73. The minimum atomic E-state index is -1.25. The maximum Gasteiger partial charge on any atom is 0.342 e. The Kier molecular flexibility index (Phi) is 3.53. The first-order chi connectivity index (χ1) is 10.1. The van der Waals surface area contributed by atoms with E-state index >= 15 is 0 Å². The number of nitro benzene ring substituents is 1. The monoisotopic (exact) mass is 290 g/mol. The number of piperidine rings is 1. The lowest BCUT2D eigenvalue weighted by molar-refractivity contribution is -0.384. The number of carboxylic acids is 1. The number of rotatable bonds is 3. The molecule has 2 atom stereocenters. The molecule has 0 amide bonds. The summed E-state index contributed by atoms with van der Waals surface area (Å²) < 4.78 is 0. The van der Waals surface area contributed by atoms with Crippen LogP contribution in [-0.2, 0) is 0 Å². The molecule has 1 aliphatic carbocycles. The van der Waals surface area contributed by atoms with E-state index in [9.17, 15) is 20.0 Å². The maximum absolute atomic E-state index is 11.4. The molecule has 0 bridgehead atoms. The lowest BCUT2D eigenvalue weighted by Crippen LogP contribution is -2.43. The van der Waals surface area contributed by atoms with E-state index in [4.69, 9.17) is 0 Å². The van der Waals surface area contributed by atoms with Crippen LogP contribution in [0, 0.1) is 16.0 Å². The number of para-hydroxylation sites is 1. The van der Waals surface area contributed by atoms with Crippen molar-refractivity contribution in [2.45, 2.75) is 38.1 Å². The highest BCUT2D eigenvalue weighted by atomic mass is 16.6. The number of hydrogen-bond donors (Lipinski definition) is 1. The fourth-order valence-corrected chi connectivity index (χ4v) is 3.88. The van der Waals surface area contributed by atoms with Crippen molar-refractivity contribution in [1.29, 1.82) is 0 Å². The van der Waals surface area contributed by atoms with Crippen LogP contribution in [0.4, 0.5) is 11.4 Å². The van der Waals surface area contributed by atoms with Crippen LogP contribution in [-0.4, -0.2) is 28.6 Å². The second-order valence-corrected chi connectivity index (χ2v) is 5.83. The van der Waals surface area contributed by atoms with Crippen molar-refractivity contribution in [3.8, 4) is 0 Å². The molecule has 1 aromatic rings. The normalized spacial score (nSPS) is 24.7. The topological polar surface area (TPSA) is 83.7 Å². The molecule has 2 unspecified atom stereocenters. The molecule has 0 spiro atoms. The van der Waals surface area contributed by atoms with Gasteiger partial charge in [-0.1, -0.05) is 12.5 Å². The van der Waals surface area contributed by atoms with Crippen molar-refractivity contribution in [1.82, 2.24) is 0 Å². The zero-order chi connectivity index (χ0) is 15.0. The zero-order valence-electron chi connectivity index (χ0n) is 11.7. The van der Waals surface area contributed by atoms with E-state index in [2.05, 4.69) is 4.90 Å². The highest BCUT2D eigenvalue weighted by molar-refractivity contribution is 5.95. The van der Waals surface area contributed by atoms with Gasteiger partial charge in [-0.05, 0) is 43.7 Å². The largest absolute Gasteiger partial charge is 0.477 e. The first-order valence-corrected chi connectivity index (χ1v) is 7.37. The van der Waals surface area contributed by atoms with E-state index in [0.717, 1.165) is 25.8 Å². The van der Waals surface area contributed by atoms with Crippen LogP contribution in [0.5, 0.6) is 0 Å². The summed E-state index contributed by atoms with van der Waals surface area (Å²) in [5.74, 6) is -0.657. The smallest absolute Gasteiger partial charge is 0.342 e. The van der Waals surface area contributed by atoms with Gasteiger partial charge < -0.3 is 10.0 Å². The van der Waals surface area contributed by atoms with E-state index in [-0.39, 0.29) is 11.3 Å². The van der Waals surface area contributed by atoms with Crippen LogP contribution in [0.1, 0.15) is 42.5 Å². The van der Waals surface area contributed by atoms with Gasteiger partial charge in [0.15, 0.2) is 0 Å². The Labute approximate surface area is 122 Å². The number of aromatic carboxylic acids is 1. The predicted octanol–water partition coefficient (Wildman–Crippen LogP) is 3.06. The molecule has 1 heterocycles. The van der Waals surface area contributed by atoms with Crippen LogP contribution >= 0.6 is 0 Å². The summed E-state index contributed by atoms with van der Waals surface area (Å²) in [4.78, 5) is 24.2. The number of nitrogens with zero attached hydrogens (tertiary/aromatic N) is 2. The van der Waals surface area contributed by atoms with Gasteiger partial charge in [0.25, 0.3) is 0 Å². The number of carbonyl (C=O) groups is 1. The minimum Gasteiger partial charge on any atom is -0.477 e. The van der Waals surface area contributed by atoms with E-state index in [0.29, 0.717) is 17.6 Å². The summed E-state index contributed by atoms with van der Waals surface area (Å²) in [7, 11) is 0. The van der Waals surface area contributed by atoms with Crippen LogP contribution in [0.2, 0.25) is 0 Å². The summed E-state index contributed by atoms with van der Waals surface area (Å²) in [5, 5.41) is 20.6. The molecule has 2 fully saturated rings. The lowest BCUT2D eigenvalue weighted by atomic mass is 9.91. The first kappa shape index (κ1) is 13.9. The summed E-state index contributed by atoms with van der Waals surface area (Å²) in [5.41, 5.74) is -0.0216. The molecule has 21 heavy (non-hydrogen) atoms. The average molecular weight is 290 g/mol. The third kappa shape index (κ3) is 2.34. The van der Waals surface area contributed by atoms with Gasteiger partial charge in [0, 0.05) is 12.6 Å². The number of nitro groups is 1. The highest BCUT2D eigenvalue weighted by Crippen LogP contribution is 2.42. The van der Waals surface area contributed by atoms with Gasteiger partial charge in [-0.2, -0.15) is 0 Å². The van der Waals surface area contributed by atoms with Gasteiger partial charge in [-0.3, -0.25) is 10.1 Å². The molecule has 6 nitrogen and oxygen atoms in total. The molecule has 1 aromatic carbocycles. The van der Waals surface area contributed by atoms with Crippen LogP contribution < -0.4 is 4.90 Å². The summed E-state index contributed by atoms with van der Waals surface area (Å²) in [6.45, 7) is 0.769. The fourth-order valence-electron chi connectivity index (χ4n) is 3.88. The number of benzene rings is 1. The quantitative estimate of drug-likeness (QED) is 0.683. The molecule has 1 aliphatic heterocycles. The van der Waals surface area contributed by atoms with Gasteiger partial charge in [0.2, 0.25) is 0 Å². The number of fused-ring (bicyclic) bond motifs is 1. The van der Waals surface area contributed by atoms with E-state index in [1.807, 2.05) is 0 Å². The third-order valence-electron chi connectivity index (χ3n) is 4.73. The maximum atomic E-state index is 11.4. The van der Waals surface area contributed by atoms with E-state index in [1.54, 1.807) is 12.1 Å². The molecule has 2 aliphatic rings. The predicted molar refractivity (Wildman–Crippen MR) is 77.8 cm³/mol. The standard InChI is InChI=1S/C15H18N2O4/c18-15(19)11-6-2-8-13(14(11)17(20)21)16-9-3-5-10-4-1-7-12(10)16/h2,6,8,10,12H,1,3-5,7,9H2,(H,18,19). The second kappa shape index (κ2) is 5.35. The first-order valence-electron chi connectivity index (χ1n) is 7.37. The molecule has 0 radical (unpaired) electrons. The van der Waals surface area contributed by atoms with Crippen molar-refractivity contribution in [2.24, 2.45) is 5.92 Å². The Bertz CT molecular complexity index is 587. The van der Waals surface area contributed by atoms with Crippen molar-refractivity contribution in [2.75, 3.05) is 11.4 Å². The lowest BCUT2D eigenvalue weighted by Gasteiger charge is -2.39. The van der Waals surface area contributed by atoms with Gasteiger partial charge in [0.05, 0.1) is 4.92 Å². The highest BCUT2D eigenvalue weighted by Gasteiger charge is 2.38. The molecular formula is C15H18N2O4. The number of carboxylic acid groups (broad SMARTS) is 1. The van der Waals surface area contributed by atoms with Gasteiger partial charge in [0.1, 0.15) is 11.3 Å². The molecule has 3 rings (SSSR count). The molecule has 1 saturated heterocycles. The van der Waals surface area contributed by atoms with E-state index in [1.165, 1.54) is 18.9 Å². The summed E-state index contributed by atoms with van der Waals surface area (Å²) >= 11 is 0. The Morgan fingerprint density at radius 3 is 2.76 bits per heavy atom. The molecule has 6 heteroatoms. The molecule has 1 N–H and O–H groups in total. The molecule has 112 valence electrons. The Morgan fingerprint density at radius 2 is 2.05 bits per heavy atom.